The predicted molar refractivity (Wildman–Crippen MR) is 114 cm³/mol. The van der Waals surface area contributed by atoms with Crippen LogP contribution in [0.1, 0.15) is 0 Å². The van der Waals surface area contributed by atoms with Crippen LogP contribution in [0.25, 0.3) is 0 Å². The highest BCUT2D eigenvalue weighted by molar-refractivity contribution is 7.93. The Morgan fingerprint density at radius 1 is 0.812 bits per heavy atom. The molecule has 0 fully saturated rings. The van der Waals surface area contributed by atoms with Crippen molar-refractivity contribution in [2.24, 2.45) is 5.14 Å². The Bertz CT molecular complexity index is 1450. The number of rotatable bonds is 7. The molecule has 0 aliphatic carbocycles. The number of primary sulfonamides is 1. The molecule has 0 saturated heterocycles. The van der Waals surface area contributed by atoms with Crippen LogP contribution in [0.3, 0.4) is 0 Å². The third-order valence-electron chi connectivity index (χ3n) is 3.57. The molecule has 0 spiro atoms. The van der Waals surface area contributed by atoms with E-state index in [1.165, 1.54) is 36.4 Å². The van der Waals surface area contributed by atoms with Crippen molar-refractivity contribution < 1.29 is 30.0 Å². The summed E-state index contributed by atoms with van der Waals surface area (Å²) in [6.45, 7) is 0. The summed E-state index contributed by atoms with van der Waals surface area (Å²) < 4.78 is 74.8. The van der Waals surface area contributed by atoms with E-state index in [1.807, 2.05) is 4.72 Å². The molecule has 17 heteroatoms. The van der Waals surface area contributed by atoms with Crippen molar-refractivity contribution in [3.8, 4) is 0 Å². The fourth-order valence-electron chi connectivity index (χ4n) is 2.19. The van der Waals surface area contributed by atoms with Crippen LogP contribution < -0.4 is 19.9 Å². The zero-order valence-corrected chi connectivity index (χ0v) is 18.9. The fourth-order valence-corrected chi connectivity index (χ4v) is 5.69. The number of hydrogen-bond acceptors (Lipinski definition) is 10. The molecule has 1 heterocycles. The minimum Gasteiger partial charge on any atom is -0.307 e. The van der Waals surface area contributed by atoms with Crippen LogP contribution in [0.2, 0.25) is 0 Å². The van der Waals surface area contributed by atoms with Crippen LogP contribution in [0, 0.1) is 0 Å². The SMILES string of the molecule is NS(=O)(=O)c1nnc(NS(=O)(=O)c2ccc(NC(=O)NS(=O)(=O)c3ccccc3)cc2)s1. The molecule has 0 saturated carbocycles. The van der Waals surface area contributed by atoms with Gasteiger partial charge in [-0.2, -0.15) is 0 Å². The van der Waals surface area contributed by atoms with E-state index in [-0.39, 0.29) is 20.6 Å². The van der Waals surface area contributed by atoms with Gasteiger partial charge in [0.1, 0.15) is 0 Å². The highest BCUT2D eigenvalue weighted by Crippen LogP contribution is 2.23. The largest absolute Gasteiger partial charge is 0.333 e. The first kappa shape index (κ1) is 23.5. The average molecular weight is 519 g/mol. The number of aromatic nitrogens is 2. The standard InChI is InChI=1S/C15H14N6O7S4/c16-30(23,24)15-19-18-14(29-15)21-32(27,28)12-8-6-10(7-9-12)17-13(22)20-31(25,26)11-4-2-1-3-5-11/h1-9H,(H,18,21)(H2,16,23,24)(H2,17,20,22). The molecule has 13 nitrogen and oxygen atoms in total. The van der Waals surface area contributed by atoms with E-state index < -0.39 is 40.4 Å². The van der Waals surface area contributed by atoms with Gasteiger partial charge in [-0.25, -0.2) is 39.9 Å². The minimum absolute atomic E-state index is 0.107. The molecule has 32 heavy (non-hydrogen) atoms. The third-order valence-corrected chi connectivity index (χ3v) is 8.55. The molecule has 5 N–H and O–H groups in total. The Morgan fingerprint density at radius 3 is 1.97 bits per heavy atom. The van der Waals surface area contributed by atoms with Crippen molar-refractivity contribution in [3.63, 3.8) is 0 Å². The predicted octanol–water partition coefficient (Wildman–Crippen LogP) is 0.497. The van der Waals surface area contributed by atoms with E-state index in [0.29, 0.717) is 11.3 Å². The zero-order valence-electron chi connectivity index (χ0n) is 15.7. The summed E-state index contributed by atoms with van der Waals surface area (Å²) in [5.41, 5.74) is 0.108. The second kappa shape index (κ2) is 8.79. The number of nitrogens with two attached hydrogens (primary N) is 1. The van der Waals surface area contributed by atoms with E-state index in [4.69, 9.17) is 5.14 Å². The molecule has 0 aliphatic heterocycles. The van der Waals surface area contributed by atoms with Gasteiger partial charge in [-0.1, -0.05) is 29.5 Å². The molecule has 170 valence electrons. The number of anilines is 2. The average Bonchev–Trinajstić information content (AvgIpc) is 3.17. The van der Waals surface area contributed by atoms with Gasteiger partial charge in [-0.3, -0.25) is 4.72 Å². The van der Waals surface area contributed by atoms with E-state index in [2.05, 4.69) is 20.2 Å². The molecule has 0 aliphatic rings. The Kier molecular flexibility index (Phi) is 6.46. The number of urea groups is 1. The maximum Gasteiger partial charge on any atom is 0.333 e. The second-order valence-corrected chi connectivity index (χ2v) is 12.0. The van der Waals surface area contributed by atoms with Gasteiger partial charge >= 0.3 is 6.03 Å². The first-order chi connectivity index (χ1) is 14.9. The molecular weight excluding hydrogens is 504 g/mol. The molecule has 2 aromatic carbocycles. The van der Waals surface area contributed by atoms with E-state index in [0.717, 1.165) is 12.1 Å². The van der Waals surface area contributed by atoms with Gasteiger partial charge in [0.25, 0.3) is 30.1 Å². The van der Waals surface area contributed by atoms with Crippen molar-refractivity contribution in [1.29, 1.82) is 0 Å². The number of nitrogens with zero attached hydrogens (tertiary/aromatic N) is 2. The van der Waals surface area contributed by atoms with Crippen LogP contribution in [-0.4, -0.2) is 41.5 Å². The van der Waals surface area contributed by atoms with Gasteiger partial charge < -0.3 is 5.32 Å². The molecule has 0 bridgehead atoms. The van der Waals surface area contributed by atoms with Crippen molar-refractivity contribution in [2.45, 2.75) is 14.1 Å². The van der Waals surface area contributed by atoms with Crippen LogP contribution in [0.4, 0.5) is 15.6 Å². The first-order valence-corrected chi connectivity index (χ1v) is 13.6. The van der Waals surface area contributed by atoms with Crippen LogP contribution in [0.5, 0.6) is 0 Å². The monoisotopic (exact) mass is 518 g/mol. The number of nitrogens with one attached hydrogen (secondary N) is 3. The Balaban J connectivity index is 1.67. The van der Waals surface area contributed by atoms with Crippen molar-refractivity contribution in [1.82, 2.24) is 14.9 Å². The molecule has 2 amide bonds. The van der Waals surface area contributed by atoms with Crippen molar-refractivity contribution >= 4 is 58.3 Å². The lowest BCUT2D eigenvalue weighted by molar-refractivity contribution is 0.256. The minimum atomic E-state index is -4.16. The van der Waals surface area contributed by atoms with Crippen LogP contribution >= 0.6 is 11.3 Å². The van der Waals surface area contributed by atoms with Gasteiger partial charge in [-0.05, 0) is 36.4 Å². The molecule has 3 rings (SSSR count). The maximum absolute atomic E-state index is 12.4. The molecular formula is C15H14N6O7S4. The summed E-state index contributed by atoms with van der Waals surface area (Å²) in [6.07, 6.45) is 0. The molecule has 3 aromatic rings. The maximum atomic E-state index is 12.4. The van der Waals surface area contributed by atoms with E-state index in [9.17, 15) is 30.0 Å². The van der Waals surface area contributed by atoms with Crippen molar-refractivity contribution in [3.05, 3.63) is 54.6 Å². The van der Waals surface area contributed by atoms with Gasteiger partial charge in [0, 0.05) is 5.69 Å². The molecule has 1 aromatic heterocycles. The lowest BCUT2D eigenvalue weighted by Crippen LogP contribution is -2.34. The van der Waals surface area contributed by atoms with Gasteiger partial charge in [0.15, 0.2) is 0 Å². The van der Waals surface area contributed by atoms with E-state index >= 15 is 0 Å². The fraction of sp³-hybridized carbons (Fsp3) is 0. The van der Waals surface area contributed by atoms with Gasteiger partial charge in [-0.15, -0.1) is 10.2 Å². The number of hydrogen-bond donors (Lipinski definition) is 4. The topological polar surface area (TPSA) is 207 Å². The van der Waals surface area contributed by atoms with Crippen molar-refractivity contribution in [2.75, 3.05) is 10.0 Å². The number of carbonyl (C=O) groups excluding carboxylic acids is 1. The lowest BCUT2D eigenvalue weighted by Gasteiger charge is -2.09. The number of carbonyl (C=O) groups is 1. The van der Waals surface area contributed by atoms with E-state index in [1.54, 1.807) is 6.07 Å². The molecule has 0 radical (unpaired) electrons. The summed E-state index contributed by atoms with van der Waals surface area (Å²) >= 11 is 0.429. The molecule has 0 atom stereocenters. The summed E-state index contributed by atoms with van der Waals surface area (Å²) in [4.78, 5) is 11.7. The number of amides is 2. The first-order valence-electron chi connectivity index (χ1n) is 8.25. The second-order valence-electron chi connectivity index (χ2n) is 5.92. The normalized spacial score (nSPS) is 12.2. The smallest absolute Gasteiger partial charge is 0.307 e. The Hall–Kier alpha value is -3.12. The number of benzene rings is 2. The third kappa shape index (κ3) is 5.77. The van der Waals surface area contributed by atoms with Gasteiger partial charge in [0.05, 0.1) is 9.79 Å². The van der Waals surface area contributed by atoms with Crippen LogP contribution in [0.15, 0.2) is 68.7 Å². The summed E-state index contributed by atoms with van der Waals surface area (Å²) in [5, 5.41) is 13.5. The number of sulfonamides is 3. The highest BCUT2D eigenvalue weighted by Gasteiger charge is 2.21. The summed E-state index contributed by atoms with van der Waals surface area (Å²) in [7, 11) is -12.4. The zero-order chi connectivity index (χ0) is 23.6. The Labute approximate surface area is 186 Å². The summed E-state index contributed by atoms with van der Waals surface area (Å²) in [6, 6.07) is 10.9. The Morgan fingerprint density at radius 2 is 1.41 bits per heavy atom. The van der Waals surface area contributed by atoms with Crippen LogP contribution in [-0.2, 0) is 30.1 Å². The summed E-state index contributed by atoms with van der Waals surface area (Å²) in [5.74, 6) is 0. The quantitative estimate of drug-likeness (QED) is 0.343. The molecule has 0 unspecified atom stereocenters. The highest BCUT2D eigenvalue weighted by atomic mass is 32.2. The lowest BCUT2D eigenvalue weighted by atomic mass is 10.3. The van der Waals surface area contributed by atoms with Gasteiger partial charge in [0.2, 0.25) is 9.47 Å².